The maximum absolute atomic E-state index is 5.54. The van der Waals surface area contributed by atoms with Crippen molar-refractivity contribution in [3.05, 3.63) is 0 Å². The molecule has 0 bridgehead atoms. The van der Waals surface area contributed by atoms with Crippen molar-refractivity contribution in [2.45, 2.75) is 19.3 Å². The van der Waals surface area contributed by atoms with Gasteiger partial charge in [0.25, 0.3) is 0 Å². The van der Waals surface area contributed by atoms with Crippen molar-refractivity contribution in [3.8, 4) is 0 Å². The molecular weight excluding hydrogens is 206 g/mol. The number of rotatable bonds is 5. The van der Waals surface area contributed by atoms with Crippen molar-refractivity contribution in [2.75, 3.05) is 39.3 Å². The highest BCUT2D eigenvalue weighted by Crippen LogP contribution is 2.32. The topological polar surface area (TPSA) is 32.5 Å². The van der Waals surface area contributed by atoms with Crippen LogP contribution < -0.4 is 5.73 Å². The van der Waals surface area contributed by atoms with E-state index in [0.29, 0.717) is 4.99 Å². The largest absolute Gasteiger partial charge is 0.392 e. The molecule has 1 heterocycles. The van der Waals surface area contributed by atoms with E-state index >= 15 is 0 Å². The Bertz CT molecular complexity index is 220. The molecule has 1 saturated carbocycles. The lowest BCUT2D eigenvalue weighted by Crippen LogP contribution is -2.48. The Morgan fingerprint density at radius 1 is 1.13 bits per heavy atom. The van der Waals surface area contributed by atoms with Gasteiger partial charge in [0.15, 0.2) is 0 Å². The van der Waals surface area contributed by atoms with Crippen LogP contribution in [0.15, 0.2) is 0 Å². The van der Waals surface area contributed by atoms with Crippen LogP contribution in [-0.4, -0.2) is 54.1 Å². The summed E-state index contributed by atoms with van der Waals surface area (Å²) in [5.74, 6) is 1.06. The Hall–Kier alpha value is -0.190. The summed E-state index contributed by atoms with van der Waals surface area (Å²) in [7, 11) is 0. The van der Waals surface area contributed by atoms with Gasteiger partial charge < -0.3 is 10.6 Å². The van der Waals surface area contributed by atoms with Gasteiger partial charge in [0, 0.05) is 32.7 Å². The van der Waals surface area contributed by atoms with Crippen LogP contribution >= 0.6 is 12.2 Å². The second kappa shape index (κ2) is 5.23. The Kier molecular flexibility index (Phi) is 3.94. The first kappa shape index (κ1) is 11.3. The summed E-state index contributed by atoms with van der Waals surface area (Å²) in [6, 6.07) is 0. The third-order valence-corrected chi connectivity index (χ3v) is 3.52. The third kappa shape index (κ3) is 4.05. The standard InChI is InChI=1S/C11H21N3S/c12-11(15)9-14-7-5-13(6-8-14)4-3-10-1-2-10/h10H,1-9H2,(H2,12,15). The van der Waals surface area contributed by atoms with Crippen molar-refractivity contribution in [1.29, 1.82) is 0 Å². The summed E-state index contributed by atoms with van der Waals surface area (Å²) in [5, 5.41) is 0. The second-order valence-electron chi connectivity index (χ2n) is 4.82. The van der Waals surface area contributed by atoms with Gasteiger partial charge in [0.2, 0.25) is 0 Å². The molecule has 2 N–H and O–H groups in total. The molecule has 0 amide bonds. The summed E-state index contributed by atoms with van der Waals surface area (Å²) < 4.78 is 0. The molecule has 2 fully saturated rings. The lowest BCUT2D eigenvalue weighted by atomic mass is 10.2. The van der Waals surface area contributed by atoms with Crippen molar-refractivity contribution in [1.82, 2.24) is 9.80 Å². The average molecular weight is 227 g/mol. The highest BCUT2D eigenvalue weighted by molar-refractivity contribution is 7.80. The first-order chi connectivity index (χ1) is 7.24. The number of piperazine rings is 1. The summed E-state index contributed by atoms with van der Waals surface area (Å²) >= 11 is 4.92. The molecule has 1 saturated heterocycles. The minimum Gasteiger partial charge on any atom is -0.392 e. The van der Waals surface area contributed by atoms with Crippen molar-refractivity contribution in [2.24, 2.45) is 11.7 Å². The normalized spacial score (nSPS) is 24.3. The van der Waals surface area contributed by atoms with Gasteiger partial charge in [-0.05, 0) is 18.9 Å². The van der Waals surface area contributed by atoms with E-state index in [1.165, 1.54) is 38.9 Å². The first-order valence-corrected chi connectivity index (χ1v) is 6.38. The molecule has 0 aromatic carbocycles. The van der Waals surface area contributed by atoms with E-state index < -0.39 is 0 Å². The average Bonchev–Trinajstić information content (AvgIpc) is 2.99. The van der Waals surface area contributed by atoms with E-state index in [0.717, 1.165) is 25.6 Å². The molecule has 1 aliphatic carbocycles. The predicted molar refractivity (Wildman–Crippen MR) is 67.0 cm³/mol. The molecule has 0 radical (unpaired) electrons. The number of hydrogen-bond acceptors (Lipinski definition) is 3. The van der Waals surface area contributed by atoms with E-state index in [9.17, 15) is 0 Å². The zero-order valence-corrected chi connectivity index (χ0v) is 10.1. The lowest BCUT2D eigenvalue weighted by Gasteiger charge is -2.34. The van der Waals surface area contributed by atoms with Crippen LogP contribution in [0.4, 0.5) is 0 Å². The summed E-state index contributed by atoms with van der Waals surface area (Å²) in [6.07, 6.45) is 4.36. The minimum atomic E-state index is 0.626. The molecule has 2 rings (SSSR count). The van der Waals surface area contributed by atoms with Crippen LogP contribution in [-0.2, 0) is 0 Å². The Morgan fingerprint density at radius 2 is 1.73 bits per heavy atom. The van der Waals surface area contributed by atoms with Crippen molar-refractivity contribution in [3.63, 3.8) is 0 Å². The molecule has 3 nitrogen and oxygen atoms in total. The monoisotopic (exact) mass is 227 g/mol. The molecule has 0 aromatic heterocycles. The van der Waals surface area contributed by atoms with E-state index in [1.807, 2.05) is 0 Å². The summed E-state index contributed by atoms with van der Waals surface area (Å²) in [6.45, 7) is 6.73. The maximum Gasteiger partial charge on any atom is 0.0870 e. The van der Waals surface area contributed by atoms with Gasteiger partial charge >= 0.3 is 0 Å². The molecular formula is C11H21N3S. The number of hydrogen-bond donors (Lipinski definition) is 1. The molecule has 0 spiro atoms. The fraction of sp³-hybridized carbons (Fsp3) is 0.909. The summed E-state index contributed by atoms with van der Waals surface area (Å²) in [4.78, 5) is 5.56. The number of thiocarbonyl (C=S) groups is 1. The maximum atomic E-state index is 5.54. The van der Waals surface area contributed by atoms with E-state index in [4.69, 9.17) is 18.0 Å². The van der Waals surface area contributed by atoms with E-state index in [2.05, 4.69) is 9.80 Å². The first-order valence-electron chi connectivity index (χ1n) is 5.97. The van der Waals surface area contributed by atoms with Crippen LogP contribution in [0.25, 0.3) is 0 Å². The molecule has 86 valence electrons. The van der Waals surface area contributed by atoms with Gasteiger partial charge in [-0.1, -0.05) is 25.1 Å². The van der Waals surface area contributed by atoms with Gasteiger partial charge in [-0.2, -0.15) is 0 Å². The van der Waals surface area contributed by atoms with E-state index in [-0.39, 0.29) is 0 Å². The fourth-order valence-electron chi connectivity index (χ4n) is 2.16. The van der Waals surface area contributed by atoms with Gasteiger partial charge in [-0.15, -0.1) is 0 Å². The van der Waals surface area contributed by atoms with Crippen LogP contribution in [0.2, 0.25) is 0 Å². The fourth-order valence-corrected chi connectivity index (χ4v) is 2.35. The molecule has 1 aliphatic heterocycles. The van der Waals surface area contributed by atoms with Gasteiger partial charge in [0.05, 0.1) is 4.99 Å². The SMILES string of the molecule is NC(=S)CN1CCN(CCC2CC2)CC1. The Labute approximate surface area is 97.6 Å². The van der Waals surface area contributed by atoms with Gasteiger partial charge in [0.1, 0.15) is 0 Å². The lowest BCUT2D eigenvalue weighted by molar-refractivity contribution is 0.143. The van der Waals surface area contributed by atoms with E-state index in [1.54, 1.807) is 0 Å². The van der Waals surface area contributed by atoms with Gasteiger partial charge in [-0.25, -0.2) is 0 Å². The number of nitrogens with two attached hydrogens (primary N) is 1. The molecule has 4 heteroatoms. The smallest absolute Gasteiger partial charge is 0.0870 e. The van der Waals surface area contributed by atoms with Crippen LogP contribution in [0.3, 0.4) is 0 Å². The van der Waals surface area contributed by atoms with Crippen LogP contribution in [0, 0.1) is 5.92 Å². The zero-order valence-electron chi connectivity index (χ0n) is 9.32. The van der Waals surface area contributed by atoms with Crippen molar-refractivity contribution < 1.29 is 0 Å². The number of nitrogens with zero attached hydrogens (tertiary/aromatic N) is 2. The highest BCUT2D eigenvalue weighted by Gasteiger charge is 2.23. The Morgan fingerprint density at radius 3 is 2.27 bits per heavy atom. The minimum absolute atomic E-state index is 0.626. The van der Waals surface area contributed by atoms with Crippen LogP contribution in [0.5, 0.6) is 0 Å². The Balaban J connectivity index is 1.60. The molecule has 0 aromatic rings. The predicted octanol–water partition coefficient (Wildman–Crippen LogP) is 0.690. The molecule has 0 unspecified atom stereocenters. The van der Waals surface area contributed by atoms with Gasteiger partial charge in [-0.3, -0.25) is 4.90 Å². The molecule has 2 aliphatic rings. The molecule has 15 heavy (non-hydrogen) atoms. The second-order valence-corrected chi connectivity index (χ2v) is 5.34. The van der Waals surface area contributed by atoms with Crippen molar-refractivity contribution >= 4 is 17.2 Å². The summed E-state index contributed by atoms with van der Waals surface area (Å²) in [5.41, 5.74) is 5.54. The molecule has 0 atom stereocenters. The highest BCUT2D eigenvalue weighted by atomic mass is 32.1. The third-order valence-electron chi connectivity index (χ3n) is 3.39. The zero-order chi connectivity index (χ0) is 10.7. The van der Waals surface area contributed by atoms with Crippen LogP contribution in [0.1, 0.15) is 19.3 Å². The quantitative estimate of drug-likeness (QED) is 0.701.